The number of hydrogen-bond acceptors (Lipinski definition) is 5. The average molecular weight is 349 g/mol. The summed E-state index contributed by atoms with van der Waals surface area (Å²) in [5, 5.41) is 2.77. The molecule has 2 aromatic carbocycles. The van der Waals surface area contributed by atoms with Crippen molar-refractivity contribution in [2.45, 2.75) is 12.6 Å². The van der Waals surface area contributed by atoms with Crippen LogP contribution in [0.3, 0.4) is 0 Å². The van der Waals surface area contributed by atoms with Gasteiger partial charge in [0.25, 0.3) is 0 Å². The number of ether oxygens (including phenoxy) is 1. The first-order valence-corrected chi connectivity index (χ1v) is 8.16. The number of carbonyl (C=O) groups excluding carboxylic acids is 2. The van der Waals surface area contributed by atoms with Crippen molar-refractivity contribution in [1.29, 1.82) is 0 Å². The summed E-state index contributed by atoms with van der Waals surface area (Å²) in [5.41, 5.74) is 6.16. The maximum atomic E-state index is 12.8. The molecule has 0 saturated carbocycles. The van der Waals surface area contributed by atoms with Crippen molar-refractivity contribution < 1.29 is 14.3 Å². The minimum absolute atomic E-state index is 0.0879. The number of rotatable bonds is 6. The molecule has 1 amide bonds. The summed E-state index contributed by atoms with van der Waals surface area (Å²) in [4.78, 5) is 29.2. The first-order valence-electron chi connectivity index (χ1n) is 8.16. The van der Waals surface area contributed by atoms with E-state index >= 15 is 0 Å². The minimum atomic E-state index is -1.39. The van der Waals surface area contributed by atoms with Crippen molar-refractivity contribution in [2.75, 3.05) is 5.32 Å². The average Bonchev–Trinajstić information content (AvgIpc) is 3.18. The molecule has 0 fully saturated rings. The van der Waals surface area contributed by atoms with E-state index in [2.05, 4.69) is 10.3 Å². The minimum Gasteiger partial charge on any atom is -0.460 e. The molecule has 3 rings (SSSR count). The van der Waals surface area contributed by atoms with Gasteiger partial charge >= 0.3 is 5.97 Å². The number of benzene rings is 2. The van der Waals surface area contributed by atoms with Crippen LogP contribution < -0.4 is 11.1 Å². The Balaban J connectivity index is 1.72. The first kappa shape index (κ1) is 17.6. The van der Waals surface area contributed by atoms with E-state index in [1.807, 2.05) is 36.4 Å². The van der Waals surface area contributed by atoms with Gasteiger partial charge in [0.1, 0.15) is 18.1 Å². The van der Waals surface area contributed by atoms with Crippen molar-refractivity contribution in [2.24, 2.45) is 16.1 Å². The molecule has 2 atom stereocenters. The van der Waals surface area contributed by atoms with E-state index in [4.69, 9.17) is 10.5 Å². The number of nitrogens with one attached hydrogen (secondary N) is 1. The third-order valence-electron chi connectivity index (χ3n) is 4.14. The number of para-hydroxylation sites is 1. The van der Waals surface area contributed by atoms with Crippen LogP contribution in [-0.2, 0) is 20.9 Å². The third-order valence-corrected chi connectivity index (χ3v) is 4.14. The Labute approximate surface area is 151 Å². The Hall–Kier alpha value is -3.25. The fourth-order valence-electron chi connectivity index (χ4n) is 2.61. The van der Waals surface area contributed by atoms with Gasteiger partial charge in [0.2, 0.25) is 5.91 Å². The molecule has 0 aliphatic carbocycles. The van der Waals surface area contributed by atoms with Gasteiger partial charge in [-0.3, -0.25) is 14.6 Å². The lowest BCUT2D eigenvalue weighted by Crippen LogP contribution is -2.54. The number of esters is 1. The molecule has 1 heterocycles. The van der Waals surface area contributed by atoms with Gasteiger partial charge in [-0.2, -0.15) is 0 Å². The highest BCUT2D eigenvalue weighted by Crippen LogP contribution is 2.28. The largest absolute Gasteiger partial charge is 0.460 e. The van der Waals surface area contributed by atoms with Crippen LogP contribution in [0.15, 0.2) is 77.9 Å². The van der Waals surface area contributed by atoms with E-state index in [1.54, 1.807) is 24.3 Å². The standard InChI is InChI=1S/C20H19N3O3/c21-17(18(24)26-13-15-7-3-1-4-8-15)20(11-12-22-14-20)19(25)23-16-9-5-2-6-10-16/h1-12,14,17H,13,21H2,(H,23,25). The topological polar surface area (TPSA) is 93.8 Å². The van der Waals surface area contributed by atoms with Gasteiger partial charge in [-0.05, 0) is 23.8 Å². The summed E-state index contributed by atoms with van der Waals surface area (Å²) >= 11 is 0. The quantitative estimate of drug-likeness (QED) is 0.782. The normalized spacial score (nSPS) is 19.1. The van der Waals surface area contributed by atoms with Crippen molar-refractivity contribution in [3.05, 3.63) is 78.5 Å². The second-order valence-corrected chi connectivity index (χ2v) is 5.92. The van der Waals surface area contributed by atoms with Gasteiger partial charge in [-0.1, -0.05) is 48.5 Å². The van der Waals surface area contributed by atoms with E-state index in [0.717, 1.165) is 5.56 Å². The number of nitrogens with two attached hydrogens (primary N) is 1. The molecule has 6 nitrogen and oxygen atoms in total. The maximum absolute atomic E-state index is 12.8. The Morgan fingerprint density at radius 3 is 2.35 bits per heavy atom. The van der Waals surface area contributed by atoms with Gasteiger partial charge in [-0.25, -0.2) is 0 Å². The van der Waals surface area contributed by atoms with Crippen molar-refractivity contribution in [3.63, 3.8) is 0 Å². The smallest absolute Gasteiger partial charge is 0.325 e. The van der Waals surface area contributed by atoms with E-state index in [1.165, 1.54) is 18.5 Å². The summed E-state index contributed by atoms with van der Waals surface area (Å²) in [6.45, 7) is 0.0879. The highest BCUT2D eigenvalue weighted by atomic mass is 16.5. The highest BCUT2D eigenvalue weighted by Gasteiger charge is 2.46. The lowest BCUT2D eigenvalue weighted by atomic mass is 9.81. The molecule has 26 heavy (non-hydrogen) atoms. The summed E-state index contributed by atoms with van der Waals surface area (Å²) in [7, 11) is 0. The predicted octanol–water partition coefficient (Wildman–Crippen LogP) is 2.28. The molecule has 0 bridgehead atoms. The molecule has 1 aliphatic heterocycles. The van der Waals surface area contributed by atoms with Gasteiger partial charge in [0.05, 0.1) is 0 Å². The SMILES string of the molecule is NC(C(=O)OCc1ccccc1)C1(C(=O)Nc2ccccc2)C=CN=C1. The lowest BCUT2D eigenvalue weighted by Gasteiger charge is -2.28. The number of aliphatic imine (C=N–C) groups is 1. The molecule has 0 saturated heterocycles. The van der Waals surface area contributed by atoms with Gasteiger partial charge in [0.15, 0.2) is 0 Å². The van der Waals surface area contributed by atoms with Crippen LogP contribution in [0.5, 0.6) is 0 Å². The molecule has 0 radical (unpaired) electrons. The lowest BCUT2D eigenvalue weighted by molar-refractivity contribution is -0.149. The van der Waals surface area contributed by atoms with Crippen LogP contribution in [0.25, 0.3) is 0 Å². The van der Waals surface area contributed by atoms with Crippen LogP contribution in [0.4, 0.5) is 5.69 Å². The van der Waals surface area contributed by atoms with Crippen LogP contribution in [0, 0.1) is 5.41 Å². The molecule has 2 aromatic rings. The van der Waals surface area contributed by atoms with Crippen LogP contribution in [-0.4, -0.2) is 24.1 Å². The van der Waals surface area contributed by atoms with Crippen molar-refractivity contribution >= 4 is 23.8 Å². The monoisotopic (exact) mass is 349 g/mol. The number of amides is 1. The van der Waals surface area contributed by atoms with Crippen LogP contribution >= 0.6 is 0 Å². The molecule has 2 unspecified atom stereocenters. The molecular formula is C20H19N3O3. The fraction of sp³-hybridized carbons (Fsp3) is 0.150. The van der Waals surface area contributed by atoms with Crippen LogP contribution in [0.1, 0.15) is 5.56 Å². The van der Waals surface area contributed by atoms with Crippen molar-refractivity contribution in [1.82, 2.24) is 0 Å². The van der Waals surface area contributed by atoms with Gasteiger partial charge in [-0.15, -0.1) is 0 Å². The number of anilines is 1. The highest BCUT2D eigenvalue weighted by molar-refractivity contribution is 6.12. The summed E-state index contributed by atoms with van der Waals surface area (Å²) < 4.78 is 5.29. The molecule has 1 aliphatic rings. The summed E-state index contributed by atoms with van der Waals surface area (Å²) in [5.74, 6) is -1.11. The number of carbonyl (C=O) groups is 2. The van der Waals surface area contributed by atoms with Gasteiger partial charge in [0, 0.05) is 18.1 Å². The second kappa shape index (κ2) is 7.76. The zero-order chi connectivity index (χ0) is 18.4. The number of nitrogens with zero attached hydrogens (tertiary/aromatic N) is 1. The molecular weight excluding hydrogens is 330 g/mol. The molecule has 0 spiro atoms. The van der Waals surface area contributed by atoms with Crippen LogP contribution in [0.2, 0.25) is 0 Å². The second-order valence-electron chi connectivity index (χ2n) is 5.92. The van der Waals surface area contributed by atoms with E-state index in [0.29, 0.717) is 5.69 Å². The molecule has 6 heteroatoms. The van der Waals surface area contributed by atoms with Gasteiger partial charge < -0.3 is 15.8 Å². The molecule has 0 aromatic heterocycles. The van der Waals surface area contributed by atoms with E-state index in [-0.39, 0.29) is 6.61 Å². The Morgan fingerprint density at radius 2 is 1.73 bits per heavy atom. The predicted molar refractivity (Wildman–Crippen MR) is 99.4 cm³/mol. The summed E-state index contributed by atoms with van der Waals surface area (Å²) in [6.07, 6.45) is 4.34. The Morgan fingerprint density at radius 1 is 1.08 bits per heavy atom. The molecule has 3 N–H and O–H groups in total. The van der Waals surface area contributed by atoms with Crippen molar-refractivity contribution in [3.8, 4) is 0 Å². The zero-order valence-corrected chi connectivity index (χ0v) is 14.0. The first-order chi connectivity index (χ1) is 12.6. The third kappa shape index (κ3) is 3.70. The maximum Gasteiger partial charge on any atom is 0.325 e. The zero-order valence-electron chi connectivity index (χ0n) is 14.0. The van der Waals surface area contributed by atoms with E-state index in [9.17, 15) is 9.59 Å². The number of hydrogen-bond donors (Lipinski definition) is 2. The Kier molecular flexibility index (Phi) is 5.24. The Bertz CT molecular complexity index is 820. The molecule has 132 valence electrons. The fourth-order valence-corrected chi connectivity index (χ4v) is 2.61. The summed E-state index contributed by atoms with van der Waals surface area (Å²) in [6, 6.07) is 17.0. The van der Waals surface area contributed by atoms with E-state index < -0.39 is 23.3 Å².